The van der Waals surface area contributed by atoms with Crippen molar-refractivity contribution in [2.24, 2.45) is 0 Å². The Morgan fingerprint density at radius 2 is 1.56 bits per heavy atom. The van der Waals surface area contributed by atoms with Crippen LogP contribution in [0.3, 0.4) is 0 Å². The Morgan fingerprint density at radius 3 is 2.19 bits per heavy atom. The summed E-state index contributed by atoms with van der Waals surface area (Å²) < 4.78 is 10.7. The van der Waals surface area contributed by atoms with Crippen molar-refractivity contribution in [3.05, 3.63) is 53.6 Å². The van der Waals surface area contributed by atoms with Crippen LogP contribution in [0.1, 0.15) is 40.0 Å². The van der Waals surface area contributed by atoms with Gasteiger partial charge in [-0.1, -0.05) is 18.2 Å². The van der Waals surface area contributed by atoms with Crippen LogP contribution >= 0.6 is 0 Å². The summed E-state index contributed by atoms with van der Waals surface area (Å²) in [6.45, 7) is 1.44. The Labute approximate surface area is 159 Å². The van der Waals surface area contributed by atoms with E-state index in [0.29, 0.717) is 28.3 Å². The maximum absolute atomic E-state index is 13.1. The molecule has 0 aromatic heterocycles. The zero-order valence-corrected chi connectivity index (χ0v) is 15.7. The molecule has 2 aromatic carbocycles. The molecule has 0 atom stereocenters. The maximum atomic E-state index is 13.1. The number of hydrogen-bond donors (Lipinski definition) is 1. The first-order valence-electron chi connectivity index (χ1n) is 9.05. The van der Waals surface area contributed by atoms with E-state index >= 15 is 0 Å². The Hall–Kier alpha value is -3.02. The first-order valence-corrected chi connectivity index (χ1v) is 9.05. The Bertz CT molecular complexity index is 814. The van der Waals surface area contributed by atoms with E-state index in [1.165, 1.54) is 14.2 Å². The number of rotatable bonds is 5. The summed E-state index contributed by atoms with van der Waals surface area (Å²) in [6.07, 6.45) is 3.11. The number of anilines is 1. The third kappa shape index (κ3) is 4.22. The number of methoxy groups -OCH3 is 2. The fourth-order valence-corrected chi connectivity index (χ4v) is 3.21. The highest BCUT2D eigenvalue weighted by molar-refractivity contribution is 6.09. The number of nitrogens with one attached hydrogen (secondary N) is 1. The van der Waals surface area contributed by atoms with Gasteiger partial charge in [0.25, 0.3) is 11.8 Å². The Balaban J connectivity index is 1.96. The Kier molecular flexibility index (Phi) is 5.96. The normalized spacial score (nSPS) is 13.8. The van der Waals surface area contributed by atoms with E-state index in [0.717, 1.165) is 32.4 Å². The summed E-state index contributed by atoms with van der Waals surface area (Å²) in [5.41, 5.74) is 1.33. The topological polar surface area (TPSA) is 67.9 Å². The molecule has 1 heterocycles. The summed E-state index contributed by atoms with van der Waals surface area (Å²) >= 11 is 0. The lowest BCUT2D eigenvalue weighted by atomic mass is 10.1. The van der Waals surface area contributed by atoms with Crippen molar-refractivity contribution < 1.29 is 19.1 Å². The molecule has 6 nitrogen and oxygen atoms in total. The number of ether oxygens (including phenoxy) is 2. The number of benzene rings is 2. The molecule has 6 heteroatoms. The van der Waals surface area contributed by atoms with Crippen LogP contribution in [-0.2, 0) is 0 Å². The molecule has 1 fully saturated rings. The third-order valence-electron chi connectivity index (χ3n) is 4.68. The van der Waals surface area contributed by atoms with Gasteiger partial charge in [-0.15, -0.1) is 0 Å². The molecule has 0 aliphatic carbocycles. The first-order chi connectivity index (χ1) is 13.1. The average Bonchev–Trinajstić information content (AvgIpc) is 2.74. The zero-order valence-electron chi connectivity index (χ0n) is 15.7. The number of piperidine rings is 1. The van der Waals surface area contributed by atoms with Crippen LogP contribution in [0.4, 0.5) is 5.69 Å². The van der Waals surface area contributed by atoms with Gasteiger partial charge in [0.1, 0.15) is 0 Å². The third-order valence-corrected chi connectivity index (χ3v) is 4.68. The molecule has 2 amide bonds. The van der Waals surface area contributed by atoms with Crippen molar-refractivity contribution in [3.8, 4) is 11.5 Å². The lowest BCUT2D eigenvalue weighted by molar-refractivity contribution is 0.0725. The molecule has 142 valence electrons. The molecule has 0 spiro atoms. The molecule has 27 heavy (non-hydrogen) atoms. The number of nitrogens with zero attached hydrogens (tertiary/aromatic N) is 1. The molecule has 0 unspecified atom stereocenters. The van der Waals surface area contributed by atoms with Gasteiger partial charge in [0, 0.05) is 24.7 Å². The molecular formula is C21H24N2O4. The lowest BCUT2D eigenvalue weighted by Crippen LogP contribution is -2.36. The van der Waals surface area contributed by atoms with Gasteiger partial charge in [0.15, 0.2) is 11.5 Å². The van der Waals surface area contributed by atoms with E-state index in [1.54, 1.807) is 36.4 Å². The summed E-state index contributed by atoms with van der Waals surface area (Å²) in [7, 11) is 3.04. The van der Waals surface area contributed by atoms with E-state index in [-0.39, 0.29) is 11.8 Å². The van der Waals surface area contributed by atoms with Gasteiger partial charge in [-0.05, 0) is 37.5 Å². The SMILES string of the molecule is COc1cc(NC(=O)c2ccccc2)c(C(=O)N2CCCCC2)cc1OC. The maximum Gasteiger partial charge on any atom is 0.256 e. The van der Waals surface area contributed by atoms with E-state index in [9.17, 15) is 9.59 Å². The second kappa shape index (κ2) is 8.58. The van der Waals surface area contributed by atoms with Crippen LogP contribution in [0.25, 0.3) is 0 Å². The number of likely N-dealkylation sites (tertiary alicyclic amines) is 1. The first kappa shape index (κ1) is 18.8. The molecular weight excluding hydrogens is 344 g/mol. The van der Waals surface area contributed by atoms with Crippen molar-refractivity contribution in [2.75, 3.05) is 32.6 Å². The molecule has 1 aliphatic heterocycles. The molecule has 1 N–H and O–H groups in total. The van der Waals surface area contributed by atoms with Gasteiger partial charge < -0.3 is 19.7 Å². The van der Waals surface area contributed by atoms with Gasteiger partial charge >= 0.3 is 0 Å². The molecule has 3 rings (SSSR count). The van der Waals surface area contributed by atoms with Crippen LogP contribution in [0.15, 0.2) is 42.5 Å². The van der Waals surface area contributed by atoms with E-state index in [4.69, 9.17) is 9.47 Å². The van der Waals surface area contributed by atoms with Crippen LogP contribution in [0, 0.1) is 0 Å². The van der Waals surface area contributed by atoms with Gasteiger partial charge in [-0.2, -0.15) is 0 Å². The van der Waals surface area contributed by atoms with Crippen LogP contribution in [0.2, 0.25) is 0 Å². The van der Waals surface area contributed by atoms with Crippen molar-refractivity contribution in [1.82, 2.24) is 4.90 Å². The lowest BCUT2D eigenvalue weighted by Gasteiger charge is -2.28. The fraction of sp³-hybridized carbons (Fsp3) is 0.333. The quantitative estimate of drug-likeness (QED) is 0.876. The monoisotopic (exact) mass is 368 g/mol. The summed E-state index contributed by atoms with van der Waals surface area (Å²) in [5, 5.41) is 2.85. The summed E-state index contributed by atoms with van der Waals surface area (Å²) in [5.74, 6) is 0.515. The average molecular weight is 368 g/mol. The smallest absolute Gasteiger partial charge is 0.256 e. The van der Waals surface area contributed by atoms with Crippen molar-refractivity contribution >= 4 is 17.5 Å². The second-order valence-electron chi connectivity index (χ2n) is 6.43. The molecule has 0 bridgehead atoms. The minimum absolute atomic E-state index is 0.112. The zero-order chi connectivity index (χ0) is 19.2. The number of amides is 2. The molecule has 1 aliphatic rings. The highest BCUT2D eigenvalue weighted by atomic mass is 16.5. The molecule has 2 aromatic rings. The number of carbonyl (C=O) groups is 2. The summed E-state index contributed by atoms with van der Waals surface area (Å²) in [4.78, 5) is 27.5. The van der Waals surface area contributed by atoms with Crippen LogP contribution in [-0.4, -0.2) is 44.0 Å². The van der Waals surface area contributed by atoms with E-state index in [1.807, 2.05) is 11.0 Å². The predicted molar refractivity (Wildman–Crippen MR) is 104 cm³/mol. The predicted octanol–water partition coefficient (Wildman–Crippen LogP) is 3.58. The second-order valence-corrected chi connectivity index (χ2v) is 6.43. The van der Waals surface area contributed by atoms with Crippen molar-refractivity contribution in [2.45, 2.75) is 19.3 Å². The fourth-order valence-electron chi connectivity index (χ4n) is 3.21. The number of hydrogen-bond acceptors (Lipinski definition) is 4. The van der Waals surface area contributed by atoms with E-state index < -0.39 is 0 Å². The molecule has 0 saturated carbocycles. The largest absolute Gasteiger partial charge is 0.493 e. The highest BCUT2D eigenvalue weighted by Crippen LogP contribution is 2.34. The van der Waals surface area contributed by atoms with Crippen LogP contribution in [0.5, 0.6) is 11.5 Å². The Morgan fingerprint density at radius 1 is 0.926 bits per heavy atom. The van der Waals surface area contributed by atoms with Gasteiger partial charge in [-0.3, -0.25) is 9.59 Å². The van der Waals surface area contributed by atoms with Gasteiger partial charge in [0.05, 0.1) is 25.5 Å². The number of carbonyl (C=O) groups excluding carboxylic acids is 2. The summed E-state index contributed by atoms with van der Waals surface area (Å²) in [6, 6.07) is 12.2. The van der Waals surface area contributed by atoms with E-state index in [2.05, 4.69) is 5.32 Å². The van der Waals surface area contributed by atoms with Crippen LogP contribution < -0.4 is 14.8 Å². The van der Waals surface area contributed by atoms with Crippen molar-refractivity contribution in [3.63, 3.8) is 0 Å². The highest BCUT2D eigenvalue weighted by Gasteiger charge is 2.24. The van der Waals surface area contributed by atoms with Crippen molar-refractivity contribution in [1.29, 1.82) is 0 Å². The minimum Gasteiger partial charge on any atom is -0.493 e. The molecule has 0 radical (unpaired) electrons. The minimum atomic E-state index is -0.282. The standard InChI is InChI=1S/C21H24N2O4/c1-26-18-13-16(21(25)23-11-7-4-8-12-23)17(14-19(18)27-2)22-20(24)15-9-5-3-6-10-15/h3,5-6,9-10,13-14H,4,7-8,11-12H2,1-2H3,(H,22,24). The molecule has 1 saturated heterocycles. The van der Waals surface area contributed by atoms with Gasteiger partial charge in [0.2, 0.25) is 0 Å². The van der Waals surface area contributed by atoms with Gasteiger partial charge in [-0.25, -0.2) is 0 Å².